The highest BCUT2D eigenvalue weighted by Gasteiger charge is 1.88. The average Bonchev–Trinajstić information content (AvgIpc) is 2.15. The molecular formula is C9H12O2. The minimum atomic E-state index is -3.01. The smallest absolute Gasteiger partial charge is 0.0718 e. The normalized spacial score (nSPS) is 17.9. The predicted octanol–water partition coefficient (Wildman–Crippen LogP) is 1.20. The maximum atomic E-state index is 8.86. The summed E-state index contributed by atoms with van der Waals surface area (Å²) < 4.78 is 32.6. The molecule has 11 heavy (non-hydrogen) atoms. The highest BCUT2D eigenvalue weighted by atomic mass is 16.5. The zero-order chi connectivity index (χ0) is 11.5. The zero-order valence-corrected chi connectivity index (χ0v) is 5.95. The summed E-state index contributed by atoms with van der Waals surface area (Å²) in [4.78, 5) is 0. The molecule has 0 radical (unpaired) electrons. The third-order valence-corrected chi connectivity index (χ3v) is 1.20. The lowest BCUT2D eigenvalue weighted by Crippen LogP contribution is -1.98. The Morgan fingerprint density at radius 2 is 2.09 bits per heavy atom. The average molecular weight is 156 g/mol. The Bertz CT molecular complexity index is 308. The van der Waals surface area contributed by atoms with Crippen LogP contribution >= 0.6 is 0 Å². The van der Waals surface area contributed by atoms with Crippen LogP contribution in [0.5, 0.6) is 0 Å². The fraction of sp³-hybridized carbons (Fsp3) is 0.333. The van der Waals surface area contributed by atoms with E-state index in [4.69, 9.17) is 10.6 Å². The molecule has 0 atom stereocenters. The van der Waals surface area contributed by atoms with Crippen LogP contribution in [0.3, 0.4) is 0 Å². The maximum Gasteiger partial charge on any atom is 0.0718 e. The number of benzene rings is 1. The van der Waals surface area contributed by atoms with Crippen molar-refractivity contribution in [3.8, 4) is 0 Å². The molecule has 0 saturated heterocycles. The van der Waals surface area contributed by atoms with Crippen molar-refractivity contribution in [2.45, 2.75) is 6.61 Å². The molecule has 0 spiro atoms. The Morgan fingerprint density at radius 1 is 1.36 bits per heavy atom. The monoisotopic (exact) mass is 156 g/mol. The first kappa shape index (κ1) is 4.24. The molecule has 0 aliphatic rings. The zero-order valence-electron chi connectivity index (χ0n) is 9.95. The standard InChI is InChI=1S/C9H12O2/c10-6-7-11-8-9-4-2-1-3-5-9/h1-5,10H,6-8H2/i6D2,7D2. The van der Waals surface area contributed by atoms with Gasteiger partial charge in [0.2, 0.25) is 0 Å². The molecule has 0 saturated carbocycles. The van der Waals surface area contributed by atoms with Gasteiger partial charge in [-0.25, -0.2) is 0 Å². The number of rotatable bonds is 4. The molecule has 0 bridgehead atoms. The van der Waals surface area contributed by atoms with E-state index in [0.717, 1.165) is 0 Å². The minimum Gasteiger partial charge on any atom is -0.394 e. The second-order valence-corrected chi connectivity index (χ2v) is 1.99. The second kappa shape index (κ2) is 4.88. The lowest BCUT2D eigenvalue weighted by molar-refractivity contribution is 0.0815. The molecule has 0 amide bonds. The van der Waals surface area contributed by atoms with Crippen LogP contribution in [-0.2, 0) is 11.3 Å². The largest absolute Gasteiger partial charge is 0.394 e. The topological polar surface area (TPSA) is 29.5 Å². The van der Waals surface area contributed by atoms with E-state index in [1.54, 1.807) is 24.3 Å². The van der Waals surface area contributed by atoms with Gasteiger partial charge in [0.25, 0.3) is 0 Å². The van der Waals surface area contributed by atoms with Crippen LogP contribution in [0, 0.1) is 0 Å². The quantitative estimate of drug-likeness (QED) is 0.709. The molecule has 2 nitrogen and oxygen atoms in total. The van der Waals surface area contributed by atoms with Crippen LogP contribution in [-0.4, -0.2) is 18.2 Å². The summed E-state index contributed by atoms with van der Waals surface area (Å²) in [7, 11) is 0. The van der Waals surface area contributed by atoms with Crippen molar-refractivity contribution in [2.75, 3.05) is 13.1 Å². The Kier molecular flexibility index (Phi) is 1.88. The molecule has 1 N–H and O–H groups in total. The summed E-state index contributed by atoms with van der Waals surface area (Å²) in [6, 6.07) is 8.79. The molecule has 0 aliphatic heterocycles. The van der Waals surface area contributed by atoms with Gasteiger partial charge in [0.1, 0.15) is 0 Å². The van der Waals surface area contributed by atoms with Crippen molar-refractivity contribution in [3.63, 3.8) is 0 Å². The Labute approximate surface area is 72.1 Å². The van der Waals surface area contributed by atoms with Gasteiger partial charge < -0.3 is 9.84 Å². The summed E-state index contributed by atoms with van der Waals surface area (Å²) >= 11 is 0. The van der Waals surface area contributed by atoms with Gasteiger partial charge in [-0.2, -0.15) is 0 Å². The highest BCUT2D eigenvalue weighted by molar-refractivity contribution is 5.13. The van der Waals surface area contributed by atoms with Gasteiger partial charge in [0, 0.05) is 0 Å². The van der Waals surface area contributed by atoms with Crippen molar-refractivity contribution in [1.29, 1.82) is 0 Å². The van der Waals surface area contributed by atoms with Crippen molar-refractivity contribution in [1.82, 2.24) is 0 Å². The lowest BCUT2D eigenvalue weighted by Gasteiger charge is -2.00. The third-order valence-electron chi connectivity index (χ3n) is 1.20. The first-order chi connectivity index (χ1) is 6.83. The highest BCUT2D eigenvalue weighted by Crippen LogP contribution is 1.99. The summed E-state index contributed by atoms with van der Waals surface area (Å²) in [5.41, 5.74) is 0.714. The van der Waals surface area contributed by atoms with E-state index in [1.165, 1.54) is 0 Å². The van der Waals surface area contributed by atoms with Gasteiger partial charge >= 0.3 is 0 Å². The molecular weight excluding hydrogens is 140 g/mol. The summed E-state index contributed by atoms with van der Waals surface area (Å²) in [6.07, 6.45) is 0. The van der Waals surface area contributed by atoms with Gasteiger partial charge in [-0.1, -0.05) is 30.3 Å². The van der Waals surface area contributed by atoms with Gasteiger partial charge in [-0.3, -0.25) is 0 Å². The first-order valence-corrected chi connectivity index (χ1v) is 3.23. The summed E-state index contributed by atoms with van der Waals surface area (Å²) in [5, 5.41) is 8.86. The molecule has 1 aromatic carbocycles. The third kappa shape index (κ3) is 3.16. The number of hydrogen-bond acceptors (Lipinski definition) is 2. The Hall–Kier alpha value is -0.860. The van der Waals surface area contributed by atoms with Crippen LogP contribution < -0.4 is 0 Å². The molecule has 0 aliphatic carbocycles. The van der Waals surface area contributed by atoms with Crippen molar-refractivity contribution < 1.29 is 15.3 Å². The first-order valence-electron chi connectivity index (χ1n) is 5.23. The van der Waals surface area contributed by atoms with Crippen molar-refractivity contribution in [2.24, 2.45) is 0 Å². The molecule has 0 fully saturated rings. The minimum absolute atomic E-state index is 0.0894. The van der Waals surface area contributed by atoms with Gasteiger partial charge in [-0.15, -0.1) is 0 Å². The maximum absolute atomic E-state index is 8.86. The van der Waals surface area contributed by atoms with Crippen molar-refractivity contribution in [3.05, 3.63) is 35.9 Å². The van der Waals surface area contributed by atoms with Crippen molar-refractivity contribution >= 4 is 0 Å². The fourth-order valence-electron chi connectivity index (χ4n) is 0.726. The van der Waals surface area contributed by atoms with Crippen LogP contribution in [0.1, 0.15) is 11.0 Å². The lowest BCUT2D eigenvalue weighted by atomic mass is 10.2. The molecule has 1 aromatic rings. The number of ether oxygens (including phenoxy) is 1. The van der Waals surface area contributed by atoms with Crippen LogP contribution in [0.2, 0.25) is 0 Å². The van der Waals surface area contributed by atoms with E-state index in [2.05, 4.69) is 4.74 Å². The van der Waals surface area contributed by atoms with Gasteiger partial charge in [0.05, 0.1) is 25.2 Å². The predicted molar refractivity (Wildman–Crippen MR) is 43.2 cm³/mol. The molecule has 2 heteroatoms. The molecule has 1 rings (SSSR count). The van der Waals surface area contributed by atoms with E-state index >= 15 is 0 Å². The number of aliphatic hydroxyl groups is 1. The molecule has 0 heterocycles. The van der Waals surface area contributed by atoms with Gasteiger partial charge in [-0.05, 0) is 5.56 Å². The van der Waals surface area contributed by atoms with E-state index in [9.17, 15) is 0 Å². The summed E-state index contributed by atoms with van der Waals surface area (Å²) in [6.45, 7) is -5.82. The fourth-order valence-corrected chi connectivity index (χ4v) is 0.726. The molecule has 0 unspecified atom stereocenters. The van der Waals surface area contributed by atoms with E-state index in [-0.39, 0.29) is 6.61 Å². The Morgan fingerprint density at radius 3 is 2.73 bits per heavy atom. The number of hydrogen-bond donors (Lipinski definition) is 1. The van der Waals surface area contributed by atoms with E-state index in [0.29, 0.717) is 5.56 Å². The Balaban J connectivity index is 2.58. The summed E-state index contributed by atoms with van der Waals surface area (Å²) in [5.74, 6) is 0. The molecule has 60 valence electrons. The molecule has 0 aromatic heterocycles. The SMILES string of the molecule is [2H]C([2H])(O)C([2H])([2H])OCc1ccccc1. The van der Waals surface area contributed by atoms with Crippen LogP contribution in [0.25, 0.3) is 0 Å². The van der Waals surface area contributed by atoms with E-state index < -0.39 is 13.1 Å². The van der Waals surface area contributed by atoms with Crippen LogP contribution in [0.15, 0.2) is 30.3 Å². The second-order valence-electron chi connectivity index (χ2n) is 1.99. The van der Waals surface area contributed by atoms with E-state index in [1.807, 2.05) is 6.07 Å². The van der Waals surface area contributed by atoms with Crippen LogP contribution in [0.4, 0.5) is 0 Å². The van der Waals surface area contributed by atoms with Gasteiger partial charge in [0.15, 0.2) is 0 Å².